The van der Waals surface area contributed by atoms with E-state index in [-0.39, 0.29) is 40.9 Å². The maximum atomic E-state index is 15.0. The second-order valence-corrected chi connectivity index (χ2v) is 28.7. The number of pyridine rings is 1. The van der Waals surface area contributed by atoms with Crippen LogP contribution >= 0.6 is 9.24 Å². The highest BCUT2D eigenvalue weighted by Gasteiger charge is 2.37. The molecule has 0 spiro atoms. The molecule has 3 aromatic carbocycles. The summed E-state index contributed by atoms with van der Waals surface area (Å²) in [5, 5.41) is 24.0. The molecular weight excluding hydrogens is 1220 g/mol. The smallest absolute Gasteiger partial charge is 0.318 e. The predicted octanol–water partition coefficient (Wildman–Crippen LogP) is 19.2. The maximum Gasteiger partial charge on any atom is 0.318 e. The lowest BCUT2D eigenvalue weighted by Gasteiger charge is -2.35. The number of nitrogens with zero attached hydrogens (tertiary/aromatic N) is 5. The zero-order valence-electron chi connectivity index (χ0n) is 61.0. The molecule has 2 fully saturated rings. The van der Waals surface area contributed by atoms with Gasteiger partial charge in [-0.25, -0.2) is 4.39 Å². The van der Waals surface area contributed by atoms with Crippen LogP contribution in [0, 0.1) is 48.3 Å². The van der Waals surface area contributed by atoms with E-state index in [1.165, 1.54) is 114 Å². The summed E-state index contributed by atoms with van der Waals surface area (Å²) in [4.78, 5) is 52.4. The first-order valence-electron chi connectivity index (χ1n) is 36.5. The number of halogens is 1. The number of fused-ring (bicyclic) bond motifs is 5. The van der Waals surface area contributed by atoms with Crippen molar-refractivity contribution in [2.24, 2.45) is 23.2 Å². The number of carboxylic acid groups (broad SMARTS) is 1. The minimum atomic E-state index is -0.498. The van der Waals surface area contributed by atoms with E-state index in [4.69, 9.17) is 40.8 Å². The van der Waals surface area contributed by atoms with E-state index >= 15 is 4.39 Å². The Morgan fingerprint density at radius 1 is 0.885 bits per heavy atom. The molecule has 2 saturated heterocycles. The summed E-state index contributed by atoms with van der Waals surface area (Å²) in [6.45, 7) is 39.4. The lowest BCUT2D eigenvalue weighted by Crippen LogP contribution is -2.51. The van der Waals surface area contributed by atoms with Gasteiger partial charge in [-0.3, -0.25) is 19.4 Å². The average molecular weight is 1340 g/mol. The molecule has 1 amide bonds. The molecule has 13 nitrogen and oxygen atoms in total. The molecule has 96 heavy (non-hydrogen) atoms. The Hall–Kier alpha value is -6.26. The van der Waals surface area contributed by atoms with Crippen LogP contribution in [0.25, 0.3) is 32.9 Å². The normalized spacial score (nSPS) is 17.0. The van der Waals surface area contributed by atoms with Crippen LogP contribution in [0.5, 0.6) is 11.8 Å². The van der Waals surface area contributed by atoms with Crippen molar-refractivity contribution in [2.45, 2.75) is 275 Å². The number of terminal acetylenes is 1. The first kappa shape index (κ1) is 80.4. The van der Waals surface area contributed by atoms with E-state index in [0.29, 0.717) is 94.6 Å². The Bertz CT molecular complexity index is 3350. The van der Waals surface area contributed by atoms with Crippen molar-refractivity contribution < 1.29 is 38.5 Å². The van der Waals surface area contributed by atoms with Crippen molar-refractivity contribution >= 4 is 60.2 Å². The van der Waals surface area contributed by atoms with E-state index in [9.17, 15) is 14.7 Å². The highest BCUT2D eigenvalue weighted by atomic mass is 31.0. The number of amides is 1. The topological polar surface area (TPSA) is 167 Å². The number of phenolic OH excluding ortho intramolecular Hbond substituents is 1. The van der Waals surface area contributed by atoms with Gasteiger partial charge in [0.25, 0.3) is 12.4 Å². The van der Waals surface area contributed by atoms with Gasteiger partial charge in [-0.2, -0.15) is 9.97 Å². The second-order valence-electron chi connectivity index (χ2n) is 28.1. The molecule has 5 heterocycles. The van der Waals surface area contributed by atoms with Crippen LogP contribution in [0.15, 0.2) is 73.0 Å². The largest absolute Gasteiger partial charge is 0.508 e. The van der Waals surface area contributed by atoms with Crippen molar-refractivity contribution in [2.75, 3.05) is 24.6 Å². The minimum absolute atomic E-state index is 0.0157. The lowest BCUT2D eigenvalue weighted by atomic mass is 9.77. The molecule has 0 saturated carbocycles. The van der Waals surface area contributed by atoms with Gasteiger partial charge >= 0.3 is 6.01 Å². The number of allylic oxidation sites excluding steroid dienone is 2. The summed E-state index contributed by atoms with van der Waals surface area (Å²) in [6, 6.07) is 12.7. The number of piperazine rings is 1. The predicted molar refractivity (Wildman–Crippen MR) is 400 cm³/mol. The van der Waals surface area contributed by atoms with Crippen molar-refractivity contribution in [3.8, 4) is 35.4 Å². The van der Waals surface area contributed by atoms with Gasteiger partial charge in [0.1, 0.15) is 17.4 Å². The Balaban J connectivity index is 0.000000311. The lowest BCUT2D eigenvalue weighted by molar-refractivity contribution is -0.123. The Morgan fingerprint density at radius 2 is 1.54 bits per heavy atom. The number of nitrogens with one attached hydrogen (secondary N) is 1. The summed E-state index contributed by atoms with van der Waals surface area (Å²) < 4.78 is 28.1. The number of hydrogen-bond donors (Lipinski definition) is 3. The maximum absolute atomic E-state index is 15.0. The molecule has 8 rings (SSSR count). The van der Waals surface area contributed by atoms with Crippen molar-refractivity contribution in [3.05, 3.63) is 101 Å². The monoisotopic (exact) mass is 1340 g/mol. The van der Waals surface area contributed by atoms with Gasteiger partial charge in [0.2, 0.25) is 0 Å². The third-order valence-electron chi connectivity index (χ3n) is 20.3. The summed E-state index contributed by atoms with van der Waals surface area (Å²) >= 11 is 0. The Labute approximate surface area is 579 Å². The zero-order valence-corrected chi connectivity index (χ0v) is 62.2. The van der Waals surface area contributed by atoms with Crippen molar-refractivity contribution in [3.63, 3.8) is 0 Å². The minimum Gasteiger partial charge on any atom is -0.508 e. The summed E-state index contributed by atoms with van der Waals surface area (Å²) in [5.74, 6) is 4.93. The number of carbonyl (C=O) groups excluding carboxylic acids is 2. The molecule has 9 atom stereocenters. The number of carbonyl (C=O) groups is 3. The number of aryl methyl sites for hydroxylation is 1. The fourth-order valence-electron chi connectivity index (χ4n) is 14.1. The number of phenols is 1. The number of benzene rings is 3. The molecule has 3 aliphatic rings. The SMILES string of the molecule is C#Cc1c(F)ccc2cc(O)cc(-c3ncc4c(N5CC6CCC(C5)N6)nc(OCC(C)(CCC(CCC)CCCC)CC(=C)CC)nc4c3P)c12.C=C(CCC(C(C)=O)N1Cc2c(C)cccc2C1=O)C(C)CC.CCCC(CCC)OC(CCC)CCC(C)CC.O=CO. The first-order valence-corrected chi connectivity index (χ1v) is 37.1. The van der Waals surface area contributed by atoms with Crippen molar-refractivity contribution in [1.82, 2.24) is 25.2 Å². The number of aromatic nitrogens is 3. The Kier molecular flexibility index (Phi) is 34.0. The number of aromatic hydroxyl groups is 1. The molecule has 2 bridgehead atoms. The first-order chi connectivity index (χ1) is 46.0. The van der Waals surface area contributed by atoms with Gasteiger partial charge in [-0.1, -0.05) is 182 Å². The van der Waals surface area contributed by atoms with Crippen LogP contribution < -0.4 is 20.3 Å². The third-order valence-corrected chi connectivity index (χ3v) is 20.8. The van der Waals surface area contributed by atoms with E-state index in [1.54, 1.807) is 36.2 Å². The zero-order chi connectivity index (χ0) is 70.6. The molecular formula is C81H120FN6O7P. The quantitative estimate of drug-likeness (QED) is 0.0152. The fraction of sp³-hybridized carbons (Fsp3) is 0.605. The average Bonchev–Trinajstić information content (AvgIpc) is 1.21. The molecule has 3 N–H and O–H groups in total. The van der Waals surface area contributed by atoms with E-state index in [2.05, 4.69) is 115 Å². The summed E-state index contributed by atoms with van der Waals surface area (Å²) in [6.07, 6.45) is 35.0. The molecule has 5 aromatic rings. The molecule has 2 aromatic heterocycles. The van der Waals surface area contributed by atoms with Gasteiger partial charge in [-0.15, -0.1) is 15.7 Å². The number of Topliss-reactive ketones (excluding diaryl/α,β-unsaturated/α-hetero) is 1. The number of hydrogen-bond acceptors (Lipinski definition) is 11. The van der Waals surface area contributed by atoms with Crippen LogP contribution in [0.1, 0.15) is 258 Å². The van der Waals surface area contributed by atoms with Gasteiger partial charge in [0.15, 0.2) is 5.78 Å². The van der Waals surface area contributed by atoms with Crippen LogP contribution in [-0.4, -0.2) is 98.3 Å². The highest BCUT2D eigenvalue weighted by Crippen LogP contribution is 2.40. The number of unbranched alkanes of at least 4 members (excludes halogenated alkanes) is 1. The Morgan fingerprint density at radius 3 is 2.12 bits per heavy atom. The van der Waals surface area contributed by atoms with Crippen LogP contribution in [-0.2, 0) is 20.9 Å². The van der Waals surface area contributed by atoms with Crippen molar-refractivity contribution in [1.29, 1.82) is 0 Å². The number of anilines is 1. The summed E-state index contributed by atoms with van der Waals surface area (Å²) in [5.41, 5.74) is 7.07. The van der Waals surface area contributed by atoms with Crippen LogP contribution in [0.3, 0.4) is 0 Å². The molecule has 15 heteroatoms. The third kappa shape index (κ3) is 22.9. The molecule has 0 radical (unpaired) electrons. The van der Waals surface area contributed by atoms with Gasteiger partial charge in [0.05, 0.1) is 47.0 Å². The van der Waals surface area contributed by atoms with Gasteiger partial charge < -0.3 is 34.8 Å². The standard InChI is InChI=1S/C43H55FN5O2P.C20H27NO2.C17H36O.CH2O2/c1-7-11-13-28(12-8-2)18-19-43(6,22-27(5)9-3)26-51-42-47-39-35(41(48-42)49-24-30-15-16-31(25-49)46-30)23-45-38(40(39)52)34-21-32(50)20-29-14-17-36(44)33(10-4)37(29)34;1-6-13(2)14(3)10-11-19(16(5)22)21-12-18-15(4)8-7-9-17(18)20(21)23;1-6-10-16(11-7-2)18-17(12-8-3)14-13-15(5)9-4;2-1-3/h4,14,17,20-21,23,28,30-31,46,50H,5,7-9,11-13,15-16,18-19,22,24-26,52H2,1-3,6H3;7-9,13,19H,3,6,10-12H2,1-2,4-5H3;15-17H,6-14H2,1-5H3;1H,(H,2,3). The number of ketones is 1. The second kappa shape index (κ2) is 40.6. The highest BCUT2D eigenvalue weighted by molar-refractivity contribution is 7.28. The molecule has 9 unspecified atom stereocenters. The van der Waals surface area contributed by atoms with Crippen LogP contribution in [0.2, 0.25) is 0 Å². The molecule has 3 aliphatic heterocycles. The van der Waals surface area contributed by atoms with E-state index in [1.807, 2.05) is 25.1 Å². The number of ether oxygens (including phenoxy) is 2. The number of rotatable bonds is 35. The molecule has 528 valence electrons. The molecule has 0 aliphatic carbocycles. The van der Waals surface area contributed by atoms with Gasteiger partial charge in [-0.05, 0) is 162 Å². The van der Waals surface area contributed by atoms with Gasteiger partial charge in [0, 0.05) is 65.1 Å². The van der Waals surface area contributed by atoms with Crippen LogP contribution in [0.4, 0.5) is 10.2 Å². The van der Waals surface area contributed by atoms with E-state index in [0.717, 1.165) is 91.8 Å². The fourth-order valence-corrected chi connectivity index (χ4v) is 14.5. The summed E-state index contributed by atoms with van der Waals surface area (Å²) in [7, 11) is 2.81. The van der Waals surface area contributed by atoms with E-state index < -0.39 is 5.82 Å².